The summed E-state index contributed by atoms with van der Waals surface area (Å²) in [6.07, 6.45) is 0. The Hall–Kier alpha value is -0.860. The molecule has 0 saturated carbocycles. The van der Waals surface area contributed by atoms with E-state index >= 15 is 0 Å². The average molecular weight is 205 g/mol. The first-order valence-electron chi connectivity index (χ1n) is 5.64. The molecule has 2 heteroatoms. The molecule has 0 bridgehead atoms. The number of piperidine rings is 1. The fourth-order valence-corrected chi connectivity index (χ4v) is 2.59. The molecular formula is C13H19NO. The van der Waals surface area contributed by atoms with Crippen LogP contribution in [0.15, 0.2) is 30.3 Å². The van der Waals surface area contributed by atoms with Crippen molar-refractivity contribution in [2.24, 2.45) is 11.8 Å². The SMILES string of the molecule is C[C@@H]1CNC[C@H](C)[C@@]1(O)c1ccccc1. The molecule has 1 aromatic rings. The van der Waals surface area contributed by atoms with Crippen molar-refractivity contribution >= 4 is 0 Å². The Morgan fingerprint density at radius 3 is 2.20 bits per heavy atom. The van der Waals surface area contributed by atoms with Gasteiger partial charge < -0.3 is 10.4 Å². The van der Waals surface area contributed by atoms with Crippen molar-refractivity contribution in [3.8, 4) is 0 Å². The van der Waals surface area contributed by atoms with Crippen molar-refractivity contribution < 1.29 is 5.11 Å². The predicted molar refractivity (Wildman–Crippen MR) is 61.5 cm³/mol. The quantitative estimate of drug-likeness (QED) is 0.732. The fraction of sp³-hybridized carbons (Fsp3) is 0.538. The van der Waals surface area contributed by atoms with Crippen LogP contribution >= 0.6 is 0 Å². The van der Waals surface area contributed by atoms with Crippen molar-refractivity contribution in [2.45, 2.75) is 19.4 Å². The van der Waals surface area contributed by atoms with Gasteiger partial charge >= 0.3 is 0 Å². The van der Waals surface area contributed by atoms with Gasteiger partial charge in [-0.3, -0.25) is 0 Å². The topological polar surface area (TPSA) is 32.3 Å². The summed E-state index contributed by atoms with van der Waals surface area (Å²) in [4.78, 5) is 0. The molecule has 0 amide bonds. The van der Waals surface area contributed by atoms with Gasteiger partial charge in [-0.2, -0.15) is 0 Å². The van der Waals surface area contributed by atoms with Gasteiger partial charge in [-0.05, 0) is 5.56 Å². The molecule has 1 fully saturated rings. The Kier molecular flexibility index (Phi) is 2.81. The van der Waals surface area contributed by atoms with E-state index in [1.807, 2.05) is 30.3 Å². The first-order chi connectivity index (χ1) is 7.15. The summed E-state index contributed by atoms with van der Waals surface area (Å²) in [6, 6.07) is 10.0. The zero-order chi connectivity index (χ0) is 10.9. The fourth-order valence-electron chi connectivity index (χ4n) is 2.59. The minimum Gasteiger partial charge on any atom is -0.385 e. The lowest BCUT2D eigenvalue weighted by atomic mass is 9.71. The monoisotopic (exact) mass is 205 g/mol. The highest BCUT2D eigenvalue weighted by Crippen LogP contribution is 2.38. The van der Waals surface area contributed by atoms with E-state index in [4.69, 9.17) is 0 Å². The number of hydrogen-bond acceptors (Lipinski definition) is 2. The highest BCUT2D eigenvalue weighted by Gasteiger charge is 2.42. The molecule has 0 aliphatic carbocycles. The van der Waals surface area contributed by atoms with Gasteiger partial charge in [-0.15, -0.1) is 0 Å². The van der Waals surface area contributed by atoms with Crippen LogP contribution in [0.3, 0.4) is 0 Å². The van der Waals surface area contributed by atoms with Gasteiger partial charge in [-0.1, -0.05) is 44.2 Å². The van der Waals surface area contributed by atoms with E-state index in [1.54, 1.807) is 0 Å². The first kappa shape index (κ1) is 10.7. The lowest BCUT2D eigenvalue weighted by Gasteiger charge is -2.44. The van der Waals surface area contributed by atoms with Crippen molar-refractivity contribution in [3.63, 3.8) is 0 Å². The summed E-state index contributed by atoms with van der Waals surface area (Å²) in [7, 11) is 0. The van der Waals surface area contributed by atoms with Crippen LogP contribution in [-0.4, -0.2) is 18.2 Å². The van der Waals surface area contributed by atoms with E-state index in [2.05, 4.69) is 19.2 Å². The van der Waals surface area contributed by atoms with E-state index in [-0.39, 0.29) is 11.8 Å². The maximum atomic E-state index is 10.8. The lowest BCUT2D eigenvalue weighted by molar-refractivity contribution is -0.0806. The average Bonchev–Trinajstić information content (AvgIpc) is 2.27. The van der Waals surface area contributed by atoms with E-state index in [9.17, 15) is 5.11 Å². The van der Waals surface area contributed by atoms with Crippen LogP contribution in [0.1, 0.15) is 19.4 Å². The van der Waals surface area contributed by atoms with Gasteiger partial charge in [0.05, 0.1) is 5.60 Å². The van der Waals surface area contributed by atoms with Crippen molar-refractivity contribution in [2.75, 3.05) is 13.1 Å². The Morgan fingerprint density at radius 2 is 1.67 bits per heavy atom. The Morgan fingerprint density at radius 1 is 1.13 bits per heavy atom. The zero-order valence-corrected chi connectivity index (χ0v) is 9.40. The molecule has 0 spiro atoms. The molecule has 2 rings (SSSR count). The molecule has 2 N–H and O–H groups in total. The zero-order valence-electron chi connectivity index (χ0n) is 9.40. The minimum atomic E-state index is -0.674. The third-order valence-electron chi connectivity index (χ3n) is 3.64. The molecule has 0 radical (unpaired) electrons. The van der Waals surface area contributed by atoms with Crippen LogP contribution in [0.25, 0.3) is 0 Å². The Labute approximate surface area is 91.3 Å². The number of rotatable bonds is 1. The number of aliphatic hydroxyl groups is 1. The normalized spacial score (nSPS) is 36.5. The highest BCUT2D eigenvalue weighted by molar-refractivity contribution is 5.25. The van der Waals surface area contributed by atoms with Gasteiger partial charge in [0.1, 0.15) is 0 Å². The smallest absolute Gasteiger partial charge is 0.0971 e. The third-order valence-corrected chi connectivity index (χ3v) is 3.64. The van der Waals surface area contributed by atoms with Gasteiger partial charge in [0, 0.05) is 24.9 Å². The first-order valence-corrected chi connectivity index (χ1v) is 5.64. The molecule has 1 heterocycles. The summed E-state index contributed by atoms with van der Waals surface area (Å²) in [5.41, 5.74) is 0.374. The summed E-state index contributed by atoms with van der Waals surface area (Å²) < 4.78 is 0. The van der Waals surface area contributed by atoms with Crippen molar-refractivity contribution in [1.82, 2.24) is 5.32 Å². The van der Waals surface area contributed by atoms with Gasteiger partial charge in [0.15, 0.2) is 0 Å². The van der Waals surface area contributed by atoms with E-state index in [1.165, 1.54) is 0 Å². The molecule has 2 nitrogen and oxygen atoms in total. The molecule has 1 aromatic carbocycles. The predicted octanol–water partition coefficient (Wildman–Crippen LogP) is 1.75. The van der Waals surface area contributed by atoms with Gasteiger partial charge in [-0.25, -0.2) is 0 Å². The largest absolute Gasteiger partial charge is 0.385 e. The molecule has 0 unspecified atom stereocenters. The van der Waals surface area contributed by atoms with Crippen LogP contribution < -0.4 is 5.32 Å². The van der Waals surface area contributed by atoms with Crippen LogP contribution in [-0.2, 0) is 5.60 Å². The standard InChI is InChI=1S/C13H19NO/c1-10-8-14-9-11(2)13(10,15)12-6-4-3-5-7-12/h3-7,10-11,14-15H,8-9H2,1-2H3/t10-,11+,13-. The van der Waals surface area contributed by atoms with Crippen LogP contribution in [0, 0.1) is 11.8 Å². The molecule has 3 atom stereocenters. The van der Waals surface area contributed by atoms with E-state index in [0.717, 1.165) is 18.7 Å². The number of nitrogens with one attached hydrogen (secondary N) is 1. The second-order valence-corrected chi connectivity index (χ2v) is 4.65. The highest BCUT2D eigenvalue weighted by atomic mass is 16.3. The molecule has 15 heavy (non-hydrogen) atoms. The Balaban J connectivity index is 2.38. The summed E-state index contributed by atoms with van der Waals surface area (Å²) in [6.45, 7) is 5.98. The maximum Gasteiger partial charge on any atom is 0.0971 e. The second kappa shape index (κ2) is 3.95. The summed E-state index contributed by atoms with van der Waals surface area (Å²) in [5.74, 6) is 0.507. The summed E-state index contributed by atoms with van der Waals surface area (Å²) in [5, 5.41) is 14.2. The second-order valence-electron chi connectivity index (χ2n) is 4.65. The maximum absolute atomic E-state index is 10.8. The van der Waals surface area contributed by atoms with Gasteiger partial charge in [0.2, 0.25) is 0 Å². The lowest BCUT2D eigenvalue weighted by Crippen LogP contribution is -2.52. The molecular weight excluding hydrogens is 186 g/mol. The van der Waals surface area contributed by atoms with E-state index < -0.39 is 5.60 Å². The number of benzene rings is 1. The Bertz CT molecular complexity index is 313. The van der Waals surface area contributed by atoms with Crippen LogP contribution in [0.2, 0.25) is 0 Å². The molecule has 1 aliphatic heterocycles. The van der Waals surface area contributed by atoms with Crippen LogP contribution in [0.4, 0.5) is 0 Å². The molecule has 0 aromatic heterocycles. The minimum absolute atomic E-state index is 0.253. The van der Waals surface area contributed by atoms with E-state index in [0.29, 0.717) is 0 Å². The summed E-state index contributed by atoms with van der Waals surface area (Å²) >= 11 is 0. The molecule has 82 valence electrons. The van der Waals surface area contributed by atoms with Crippen molar-refractivity contribution in [3.05, 3.63) is 35.9 Å². The van der Waals surface area contributed by atoms with Crippen molar-refractivity contribution in [1.29, 1.82) is 0 Å². The molecule has 1 saturated heterocycles. The molecule has 1 aliphatic rings. The third kappa shape index (κ3) is 1.68. The number of hydrogen-bond donors (Lipinski definition) is 2. The van der Waals surface area contributed by atoms with Crippen LogP contribution in [0.5, 0.6) is 0 Å². The van der Waals surface area contributed by atoms with Gasteiger partial charge in [0.25, 0.3) is 0 Å².